The van der Waals surface area contributed by atoms with Crippen LogP contribution in [0.5, 0.6) is 0 Å². The minimum Gasteiger partial charge on any atom is -0.392 e. The van der Waals surface area contributed by atoms with Crippen molar-refractivity contribution in [2.45, 2.75) is 38.3 Å². The molecule has 0 amide bonds. The molecule has 0 spiro atoms. The van der Waals surface area contributed by atoms with E-state index in [1.54, 1.807) is 0 Å². The Bertz CT molecular complexity index is 132. The zero-order chi connectivity index (χ0) is 8.10. The van der Waals surface area contributed by atoms with E-state index in [-0.39, 0.29) is 6.10 Å². The molecule has 0 saturated heterocycles. The first kappa shape index (κ1) is 8.75. The fourth-order valence-electron chi connectivity index (χ4n) is 1.32. The highest BCUT2D eigenvalue weighted by Crippen LogP contribution is 2.09. The Morgan fingerprint density at radius 3 is 3.00 bits per heavy atom. The molecule has 1 aliphatic carbocycles. The van der Waals surface area contributed by atoms with Gasteiger partial charge in [-0.15, -0.1) is 0 Å². The first-order chi connectivity index (χ1) is 5.29. The van der Waals surface area contributed by atoms with Gasteiger partial charge in [-0.2, -0.15) is 0 Å². The fraction of sp³-hybridized carbons (Fsp3) is 0.778. The molecule has 1 aliphatic rings. The molecule has 0 aromatic carbocycles. The third kappa shape index (κ3) is 3.54. The van der Waals surface area contributed by atoms with Gasteiger partial charge in [-0.3, -0.25) is 0 Å². The number of hydrogen-bond donors (Lipinski definition) is 2. The third-order valence-corrected chi connectivity index (χ3v) is 1.97. The average molecular weight is 155 g/mol. The van der Waals surface area contributed by atoms with E-state index in [0.717, 1.165) is 13.0 Å². The van der Waals surface area contributed by atoms with E-state index >= 15 is 0 Å². The Labute approximate surface area is 68.3 Å². The molecule has 0 fully saturated rings. The summed E-state index contributed by atoms with van der Waals surface area (Å²) in [5.41, 5.74) is 0. The molecule has 0 aliphatic heterocycles. The zero-order valence-corrected chi connectivity index (χ0v) is 7.09. The van der Waals surface area contributed by atoms with E-state index in [2.05, 4.69) is 17.5 Å². The van der Waals surface area contributed by atoms with Crippen LogP contribution in [0.25, 0.3) is 0 Å². The maximum atomic E-state index is 9.00. The smallest absolute Gasteiger partial charge is 0.0636 e. The largest absolute Gasteiger partial charge is 0.392 e. The fourth-order valence-corrected chi connectivity index (χ4v) is 1.32. The molecule has 2 atom stereocenters. The summed E-state index contributed by atoms with van der Waals surface area (Å²) >= 11 is 0. The Kier molecular flexibility index (Phi) is 3.60. The quantitative estimate of drug-likeness (QED) is 0.597. The van der Waals surface area contributed by atoms with Crippen LogP contribution in [0.1, 0.15) is 26.2 Å². The van der Waals surface area contributed by atoms with Crippen LogP contribution in [-0.4, -0.2) is 23.8 Å². The second kappa shape index (κ2) is 4.52. The molecule has 2 heteroatoms. The normalized spacial score (nSPS) is 26.9. The molecule has 0 heterocycles. The van der Waals surface area contributed by atoms with E-state index in [1.165, 1.54) is 12.8 Å². The number of rotatable bonds is 3. The molecule has 2 N–H and O–H groups in total. The van der Waals surface area contributed by atoms with Crippen molar-refractivity contribution in [1.82, 2.24) is 5.32 Å². The summed E-state index contributed by atoms with van der Waals surface area (Å²) in [5, 5.41) is 12.3. The molecule has 2 nitrogen and oxygen atoms in total. The van der Waals surface area contributed by atoms with Gasteiger partial charge >= 0.3 is 0 Å². The van der Waals surface area contributed by atoms with Gasteiger partial charge in [0.2, 0.25) is 0 Å². The predicted octanol–water partition coefficient (Wildman–Crippen LogP) is 1.07. The lowest BCUT2D eigenvalue weighted by Gasteiger charge is -2.19. The standard InChI is InChI=1S/C9H17NO/c1-8(11)7-10-9-5-3-2-4-6-9/h2-3,8-11H,4-7H2,1H3/t8-,9?/m1/s1. The van der Waals surface area contributed by atoms with Gasteiger partial charge in [0.1, 0.15) is 0 Å². The van der Waals surface area contributed by atoms with Gasteiger partial charge in [0.25, 0.3) is 0 Å². The van der Waals surface area contributed by atoms with Crippen LogP contribution < -0.4 is 5.32 Å². The van der Waals surface area contributed by atoms with Crippen LogP contribution in [0.4, 0.5) is 0 Å². The van der Waals surface area contributed by atoms with Crippen LogP contribution in [0.2, 0.25) is 0 Å². The monoisotopic (exact) mass is 155 g/mol. The summed E-state index contributed by atoms with van der Waals surface area (Å²) in [6.07, 6.45) is 7.72. The van der Waals surface area contributed by atoms with Crippen LogP contribution in [-0.2, 0) is 0 Å². The van der Waals surface area contributed by atoms with Crippen LogP contribution in [0.15, 0.2) is 12.2 Å². The molecule has 0 aromatic heterocycles. The highest BCUT2D eigenvalue weighted by atomic mass is 16.3. The lowest BCUT2D eigenvalue weighted by molar-refractivity contribution is 0.185. The van der Waals surface area contributed by atoms with E-state index in [1.807, 2.05) is 6.92 Å². The van der Waals surface area contributed by atoms with Crippen LogP contribution in [0, 0.1) is 0 Å². The van der Waals surface area contributed by atoms with E-state index in [0.29, 0.717) is 6.04 Å². The maximum Gasteiger partial charge on any atom is 0.0636 e. The van der Waals surface area contributed by atoms with E-state index in [9.17, 15) is 0 Å². The topological polar surface area (TPSA) is 32.3 Å². The first-order valence-corrected chi connectivity index (χ1v) is 4.35. The van der Waals surface area contributed by atoms with Crippen molar-refractivity contribution in [3.8, 4) is 0 Å². The van der Waals surface area contributed by atoms with Gasteiger partial charge in [-0.1, -0.05) is 12.2 Å². The van der Waals surface area contributed by atoms with Crippen LogP contribution in [0.3, 0.4) is 0 Å². The molecule has 0 aromatic rings. The maximum absolute atomic E-state index is 9.00. The number of aliphatic hydroxyl groups is 1. The van der Waals surface area contributed by atoms with Crippen molar-refractivity contribution in [2.75, 3.05) is 6.54 Å². The molecular formula is C9H17NO. The van der Waals surface area contributed by atoms with Crippen molar-refractivity contribution in [2.24, 2.45) is 0 Å². The number of nitrogens with one attached hydrogen (secondary N) is 1. The number of allylic oxidation sites excluding steroid dienone is 1. The Hall–Kier alpha value is -0.340. The second-order valence-corrected chi connectivity index (χ2v) is 3.24. The summed E-state index contributed by atoms with van der Waals surface area (Å²) < 4.78 is 0. The average Bonchev–Trinajstić information content (AvgIpc) is 2.03. The molecule has 1 rings (SSSR count). The Morgan fingerprint density at radius 1 is 1.64 bits per heavy atom. The molecule has 0 saturated carbocycles. The van der Waals surface area contributed by atoms with Crippen molar-refractivity contribution in [1.29, 1.82) is 0 Å². The van der Waals surface area contributed by atoms with Gasteiger partial charge in [-0.25, -0.2) is 0 Å². The molecule has 0 radical (unpaired) electrons. The van der Waals surface area contributed by atoms with Gasteiger partial charge < -0.3 is 10.4 Å². The molecule has 1 unspecified atom stereocenters. The molecule has 11 heavy (non-hydrogen) atoms. The van der Waals surface area contributed by atoms with Gasteiger partial charge in [-0.05, 0) is 26.2 Å². The van der Waals surface area contributed by atoms with Gasteiger partial charge in [0.15, 0.2) is 0 Å². The summed E-state index contributed by atoms with van der Waals surface area (Å²) in [5.74, 6) is 0. The lowest BCUT2D eigenvalue weighted by Crippen LogP contribution is -2.34. The van der Waals surface area contributed by atoms with Gasteiger partial charge in [0.05, 0.1) is 6.10 Å². The zero-order valence-electron chi connectivity index (χ0n) is 7.09. The minimum atomic E-state index is -0.221. The van der Waals surface area contributed by atoms with Crippen molar-refractivity contribution >= 4 is 0 Å². The third-order valence-electron chi connectivity index (χ3n) is 1.97. The van der Waals surface area contributed by atoms with Gasteiger partial charge in [0, 0.05) is 12.6 Å². The summed E-state index contributed by atoms with van der Waals surface area (Å²) in [4.78, 5) is 0. The molecule has 0 bridgehead atoms. The second-order valence-electron chi connectivity index (χ2n) is 3.24. The summed E-state index contributed by atoms with van der Waals surface area (Å²) in [6, 6.07) is 0.592. The van der Waals surface area contributed by atoms with Crippen LogP contribution >= 0.6 is 0 Å². The summed E-state index contributed by atoms with van der Waals surface area (Å²) in [6.45, 7) is 2.53. The molecule has 64 valence electrons. The van der Waals surface area contributed by atoms with Crippen molar-refractivity contribution in [3.05, 3.63) is 12.2 Å². The van der Waals surface area contributed by atoms with E-state index < -0.39 is 0 Å². The minimum absolute atomic E-state index is 0.221. The number of hydrogen-bond acceptors (Lipinski definition) is 2. The Balaban J connectivity index is 2.11. The Morgan fingerprint density at radius 2 is 2.45 bits per heavy atom. The predicted molar refractivity (Wildman–Crippen MR) is 46.5 cm³/mol. The SMILES string of the molecule is C[C@@H](O)CNC1CC=CCC1. The highest BCUT2D eigenvalue weighted by molar-refractivity contribution is 4.92. The first-order valence-electron chi connectivity index (χ1n) is 4.35. The highest BCUT2D eigenvalue weighted by Gasteiger charge is 2.08. The van der Waals surface area contributed by atoms with E-state index in [4.69, 9.17) is 5.11 Å². The van der Waals surface area contributed by atoms with Crippen molar-refractivity contribution in [3.63, 3.8) is 0 Å². The van der Waals surface area contributed by atoms with Crippen molar-refractivity contribution < 1.29 is 5.11 Å². The number of aliphatic hydroxyl groups excluding tert-OH is 1. The molecular weight excluding hydrogens is 138 g/mol. The summed E-state index contributed by atoms with van der Waals surface area (Å²) in [7, 11) is 0. The lowest BCUT2D eigenvalue weighted by atomic mass is 10.0.